The molecule has 0 bridgehead atoms. The van der Waals surface area contributed by atoms with Crippen LogP contribution in [0.15, 0.2) is 54.6 Å². The Balaban J connectivity index is 2.79. The van der Waals surface area contributed by atoms with Crippen LogP contribution in [-0.4, -0.2) is 52.9 Å². The second kappa shape index (κ2) is 13.4. The minimum atomic E-state index is -3.20. The Kier molecular flexibility index (Phi) is 11.0. The summed E-state index contributed by atoms with van der Waals surface area (Å²) in [6.45, 7) is 9.24. The highest BCUT2D eigenvalue weighted by molar-refractivity contribution is 6.62. The first-order valence-electron chi connectivity index (χ1n) is 11.5. The van der Waals surface area contributed by atoms with Crippen LogP contribution >= 0.6 is 0 Å². The Bertz CT molecular complexity index is 882. The molecule has 0 fully saturated rings. The fourth-order valence-electron chi connectivity index (χ4n) is 3.94. The maximum absolute atomic E-state index is 11.1. The zero-order valence-electron chi connectivity index (χ0n) is 20.2. The summed E-state index contributed by atoms with van der Waals surface area (Å²) < 4.78 is 24.6. The van der Waals surface area contributed by atoms with Gasteiger partial charge < -0.3 is 23.1 Å². The summed E-state index contributed by atoms with van der Waals surface area (Å²) in [5.41, 5.74) is 3.67. The molecule has 180 valence electrons. The Morgan fingerprint density at radius 2 is 1.61 bits per heavy atom. The van der Waals surface area contributed by atoms with Gasteiger partial charge in [0, 0.05) is 33.0 Å². The van der Waals surface area contributed by atoms with E-state index in [2.05, 4.69) is 12.1 Å². The van der Waals surface area contributed by atoms with E-state index in [9.17, 15) is 4.79 Å². The lowest BCUT2D eigenvalue weighted by atomic mass is 9.93. The van der Waals surface area contributed by atoms with Crippen molar-refractivity contribution in [2.24, 2.45) is 0 Å². The summed E-state index contributed by atoms with van der Waals surface area (Å²) in [5, 5.41) is 9.12. The van der Waals surface area contributed by atoms with Crippen molar-refractivity contribution in [1.29, 1.82) is 0 Å². The molecule has 0 aliphatic carbocycles. The highest BCUT2D eigenvalue weighted by Gasteiger charge is 2.51. The van der Waals surface area contributed by atoms with Crippen LogP contribution in [0.4, 0.5) is 0 Å². The molecular weight excluding hydrogens is 436 g/mol. The number of aliphatic carboxylic acids is 1. The van der Waals surface area contributed by atoms with E-state index in [0.29, 0.717) is 26.2 Å². The van der Waals surface area contributed by atoms with Gasteiger partial charge in [0.15, 0.2) is 0 Å². The molecule has 7 heteroatoms. The van der Waals surface area contributed by atoms with Crippen LogP contribution in [0, 0.1) is 0 Å². The van der Waals surface area contributed by atoms with Gasteiger partial charge in [0.25, 0.3) is 0 Å². The molecule has 0 heterocycles. The Morgan fingerprint density at radius 3 is 2.12 bits per heavy atom. The van der Waals surface area contributed by atoms with E-state index in [1.54, 1.807) is 13.2 Å². The third-order valence-corrected chi connectivity index (χ3v) is 8.86. The van der Waals surface area contributed by atoms with Crippen LogP contribution in [0.3, 0.4) is 0 Å². The molecule has 0 saturated heterocycles. The largest absolute Gasteiger partial charge is 0.508 e. The number of ether oxygens (including phenoxy) is 1. The van der Waals surface area contributed by atoms with Crippen molar-refractivity contribution in [2.45, 2.75) is 45.8 Å². The number of rotatable bonds is 14. The number of methoxy groups -OCH3 is 1. The standard InChI is InChI=1S/C26H36O6Si/c1-6-30-33(31-7-2,32-8-3)25(18-20(4)29-5)24-19-21(15-17-26(27)28)14-16-23(24)22-12-10-9-11-13-22/h9-17,19-20,25H,6-8,18H2,1-5H3,(H,27,28)/b17-15+. The van der Waals surface area contributed by atoms with Crippen molar-refractivity contribution in [2.75, 3.05) is 26.9 Å². The monoisotopic (exact) mass is 472 g/mol. The molecule has 2 atom stereocenters. The molecule has 2 rings (SSSR count). The number of hydrogen-bond acceptors (Lipinski definition) is 5. The predicted octanol–water partition coefficient (Wildman–Crippen LogP) is 5.55. The molecule has 33 heavy (non-hydrogen) atoms. The van der Waals surface area contributed by atoms with Crippen molar-refractivity contribution >= 4 is 20.8 Å². The van der Waals surface area contributed by atoms with Gasteiger partial charge in [-0.3, -0.25) is 0 Å². The average molecular weight is 473 g/mol. The molecule has 0 aromatic heterocycles. The summed E-state index contributed by atoms with van der Waals surface area (Å²) in [7, 11) is -1.51. The second-order valence-corrected chi connectivity index (χ2v) is 10.4. The summed E-state index contributed by atoms with van der Waals surface area (Å²) in [6.07, 6.45) is 3.31. The molecule has 2 aromatic rings. The number of carboxylic acids is 1. The number of carbonyl (C=O) groups is 1. The summed E-state index contributed by atoms with van der Waals surface area (Å²) in [4.78, 5) is 11.1. The molecule has 2 aromatic carbocycles. The zero-order chi connectivity index (χ0) is 24.3. The van der Waals surface area contributed by atoms with Crippen LogP contribution < -0.4 is 0 Å². The van der Waals surface area contributed by atoms with Crippen molar-refractivity contribution in [1.82, 2.24) is 0 Å². The fraction of sp³-hybridized carbons (Fsp3) is 0.423. The number of benzene rings is 2. The van der Waals surface area contributed by atoms with Crippen LogP contribution in [0.2, 0.25) is 0 Å². The maximum atomic E-state index is 11.1. The fourth-order valence-corrected chi connectivity index (χ4v) is 7.24. The highest BCUT2D eigenvalue weighted by Crippen LogP contribution is 2.40. The van der Waals surface area contributed by atoms with Crippen molar-refractivity contribution < 1.29 is 27.9 Å². The molecule has 0 saturated carbocycles. The lowest BCUT2D eigenvalue weighted by molar-refractivity contribution is -0.131. The molecule has 0 aliphatic heterocycles. The smallest absolute Gasteiger partial charge is 0.478 e. The summed E-state index contributed by atoms with van der Waals surface area (Å²) in [5.74, 6) is -0.991. The first-order chi connectivity index (χ1) is 15.9. The van der Waals surface area contributed by atoms with Gasteiger partial charge in [0.2, 0.25) is 0 Å². The first-order valence-corrected chi connectivity index (χ1v) is 13.3. The second-order valence-electron chi connectivity index (χ2n) is 7.62. The molecule has 1 N–H and O–H groups in total. The third-order valence-electron chi connectivity index (χ3n) is 5.39. The topological polar surface area (TPSA) is 74.2 Å². The maximum Gasteiger partial charge on any atom is 0.508 e. The Morgan fingerprint density at radius 1 is 1.00 bits per heavy atom. The van der Waals surface area contributed by atoms with Gasteiger partial charge in [-0.2, -0.15) is 0 Å². The lowest BCUT2D eigenvalue weighted by Crippen LogP contribution is -2.53. The third kappa shape index (κ3) is 7.35. The van der Waals surface area contributed by atoms with E-state index in [0.717, 1.165) is 28.3 Å². The van der Waals surface area contributed by atoms with E-state index in [1.165, 1.54) is 0 Å². The quantitative estimate of drug-likeness (QED) is 0.287. The zero-order valence-corrected chi connectivity index (χ0v) is 21.2. The van der Waals surface area contributed by atoms with Gasteiger partial charge in [-0.25, -0.2) is 4.79 Å². The Labute approximate surface area is 198 Å². The number of hydrogen-bond donors (Lipinski definition) is 1. The van der Waals surface area contributed by atoms with E-state index in [-0.39, 0.29) is 11.6 Å². The van der Waals surface area contributed by atoms with Crippen LogP contribution in [-0.2, 0) is 22.8 Å². The van der Waals surface area contributed by atoms with E-state index < -0.39 is 14.8 Å². The SMILES string of the molecule is CCO[Si](OCC)(OCC)C(CC(C)OC)c1cc(/C=C/C(=O)O)ccc1-c1ccccc1. The minimum absolute atomic E-state index is 0.0647. The van der Waals surface area contributed by atoms with Gasteiger partial charge in [0.05, 0.1) is 11.6 Å². The first kappa shape index (κ1) is 27.0. The predicted molar refractivity (Wildman–Crippen MR) is 133 cm³/mol. The molecule has 0 radical (unpaired) electrons. The minimum Gasteiger partial charge on any atom is -0.478 e. The van der Waals surface area contributed by atoms with Crippen molar-refractivity contribution in [3.63, 3.8) is 0 Å². The molecule has 0 amide bonds. The summed E-state index contributed by atoms with van der Waals surface area (Å²) >= 11 is 0. The van der Waals surface area contributed by atoms with E-state index >= 15 is 0 Å². The van der Waals surface area contributed by atoms with Crippen molar-refractivity contribution in [3.05, 3.63) is 65.7 Å². The van der Waals surface area contributed by atoms with Crippen LogP contribution in [0.1, 0.15) is 50.8 Å². The van der Waals surface area contributed by atoms with Crippen LogP contribution in [0.5, 0.6) is 0 Å². The molecular formula is C26H36O6Si. The van der Waals surface area contributed by atoms with E-state index in [4.69, 9.17) is 23.1 Å². The average Bonchev–Trinajstić information content (AvgIpc) is 2.81. The highest BCUT2D eigenvalue weighted by atomic mass is 28.4. The Hall–Kier alpha value is -2.29. The normalized spacial score (nSPS) is 13.8. The molecule has 6 nitrogen and oxygen atoms in total. The lowest BCUT2D eigenvalue weighted by Gasteiger charge is -2.37. The van der Waals surface area contributed by atoms with Gasteiger partial charge >= 0.3 is 14.8 Å². The van der Waals surface area contributed by atoms with Gasteiger partial charge in [-0.1, -0.05) is 48.5 Å². The van der Waals surface area contributed by atoms with Crippen LogP contribution in [0.25, 0.3) is 17.2 Å². The molecule has 0 spiro atoms. The van der Waals surface area contributed by atoms with Gasteiger partial charge in [-0.15, -0.1) is 0 Å². The molecule has 2 unspecified atom stereocenters. The van der Waals surface area contributed by atoms with Crippen molar-refractivity contribution in [3.8, 4) is 11.1 Å². The number of carboxylic acid groups (broad SMARTS) is 1. The molecule has 0 aliphatic rings. The van der Waals surface area contributed by atoms with Gasteiger partial charge in [0.1, 0.15) is 0 Å². The van der Waals surface area contributed by atoms with E-state index in [1.807, 2.05) is 64.1 Å². The summed E-state index contributed by atoms with van der Waals surface area (Å²) in [6, 6.07) is 16.1. The van der Waals surface area contributed by atoms with Gasteiger partial charge in [-0.05, 0) is 62.4 Å².